The summed E-state index contributed by atoms with van der Waals surface area (Å²) in [7, 11) is 0. The van der Waals surface area contributed by atoms with Gasteiger partial charge in [-0.1, -0.05) is 0 Å². The summed E-state index contributed by atoms with van der Waals surface area (Å²) in [5, 5.41) is 3.16. The molecule has 0 aliphatic carbocycles. The van der Waals surface area contributed by atoms with E-state index in [2.05, 4.69) is 5.32 Å². The van der Waals surface area contributed by atoms with E-state index in [1.807, 2.05) is 0 Å². The van der Waals surface area contributed by atoms with Crippen molar-refractivity contribution >= 4 is 0 Å². The molecule has 1 saturated heterocycles. The fourth-order valence-corrected chi connectivity index (χ4v) is 0.516. The molecule has 0 aromatic heterocycles. The van der Waals surface area contributed by atoms with Gasteiger partial charge in [0, 0.05) is 35.5 Å². The molecule has 47 valence electrons. The van der Waals surface area contributed by atoms with E-state index in [0.29, 0.717) is 0 Å². The largest absolute Gasteiger partial charge is 0.379 e. The summed E-state index contributed by atoms with van der Waals surface area (Å²) in [6.45, 7) is 3.83. The smallest absolute Gasteiger partial charge is 0.0591 e. The summed E-state index contributed by atoms with van der Waals surface area (Å²) >= 11 is 0. The van der Waals surface area contributed by atoms with E-state index in [1.165, 1.54) is 0 Å². The van der Waals surface area contributed by atoms with Crippen molar-refractivity contribution in [2.75, 3.05) is 26.3 Å². The second kappa shape index (κ2) is 4.81. The molecule has 1 aliphatic rings. The van der Waals surface area contributed by atoms with Gasteiger partial charge in [0.05, 0.1) is 13.2 Å². The van der Waals surface area contributed by atoms with Crippen LogP contribution in [0.25, 0.3) is 0 Å². The van der Waals surface area contributed by atoms with Crippen LogP contribution in [0.15, 0.2) is 0 Å². The Balaban J connectivity index is 0.000000360. The second-order valence-electron chi connectivity index (χ2n) is 1.36. The van der Waals surface area contributed by atoms with E-state index in [1.54, 1.807) is 0 Å². The maximum atomic E-state index is 5.01. The van der Waals surface area contributed by atoms with Crippen LogP contribution in [0, 0.1) is 0 Å². The first kappa shape index (κ1) is 7.66. The van der Waals surface area contributed by atoms with Crippen molar-refractivity contribution in [2.45, 2.75) is 0 Å². The van der Waals surface area contributed by atoms with E-state index in [-0.39, 0.29) is 22.4 Å². The molecule has 1 fully saturated rings. The molecule has 0 amide bonds. The van der Waals surface area contributed by atoms with E-state index in [9.17, 15) is 0 Å². The standard InChI is InChI=1S/C4H9NO.Au/c1-3-6-4-2-5-1;/h5H,1-4H2;. The Bertz CT molecular complexity index is 27.2. The second-order valence-corrected chi connectivity index (χ2v) is 1.36. The summed E-state index contributed by atoms with van der Waals surface area (Å²) < 4.78 is 5.01. The van der Waals surface area contributed by atoms with Gasteiger partial charge in [0.25, 0.3) is 0 Å². The number of morpholine rings is 1. The van der Waals surface area contributed by atoms with Crippen molar-refractivity contribution in [2.24, 2.45) is 0 Å². The minimum absolute atomic E-state index is 0. The first-order chi connectivity index (χ1) is 3.00. The summed E-state index contributed by atoms with van der Waals surface area (Å²) in [5.74, 6) is 0. The fourth-order valence-electron chi connectivity index (χ4n) is 0.516. The molecule has 3 heteroatoms. The molecule has 1 rings (SSSR count). The number of ether oxygens (including phenoxy) is 1. The molecule has 1 N–H and O–H groups in total. The predicted molar refractivity (Wildman–Crippen MR) is 23.7 cm³/mol. The summed E-state index contributed by atoms with van der Waals surface area (Å²) in [4.78, 5) is 0. The Morgan fingerprint density at radius 2 is 1.71 bits per heavy atom. The topological polar surface area (TPSA) is 21.3 Å². The van der Waals surface area contributed by atoms with Crippen LogP contribution in [0.5, 0.6) is 0 Å². The number of rotatable bonds is 0. The van der Waals surface area contributed by atoms with Gasteiger partial charge >= 0.3 is 0 Å². The molecule has 0 aromatic rings. The number of hydrogen-bond donors (Lipinski definition) is 1. The van der Waals surface area contributed by atoms with Crippen LogP contribution in [-0.4, -0.2) is 26.3 Å². The van der Waals surface area contributed by atoms with E-state index >= 15 is 0 Å². The van der Waals surface area contributed by atoms with Gasteiger partial charge in [-0.2, -0.15) is 0 Å². The molecule has 0 unspecified atom stereocenters. The quantitative estimate of drug-likeness (QED) is 0.611. The first-order valence-corrected chi connectivity index (χ1v) is 2.28. The molecule has 0 atom stereocenters. The Morgan fingerprint density at radius 3 is 1.86 bits per heavy atom. The normalized spacial score (nSPS) is 20.6. The molecule has 0 bridgehead atoms. The molecule has 0 aromatic carbocycles. The number of hydrogen-bond acceptors (Lipinski definition) is 2. The Labute approximate surface area is 59.1 Å². The van der Waals surface area contributed by atoms with Gasteiger partial charge in [-0.25, -0.2) is 0 Å². The van der Waals surface area contributed by atoms with E-state index in [0.717, 1.165) is 26.3 Å². The zero-order chi connectivity index (χ0) is 4.24. The van der Waals surface area contributed by atoms with Gasteiger partial charge in [-0.05, 0) is 0 Å². The zero-order valence-electron chi connectivity index (χ0n) is 4.04. The van der Waals surface area contributed by atoms with Crippen LogP contribution < -0.4 is 5.32 Å². The molecular formula is C4H9AuNO. The number of nitrogens with one attached hydrogen (secondary N) is 1. The van der Waals surface area contributed by atoms with Crippen molar-refractivity contribution in [1.29, 1.82) is 0 Å². The molecule has 1 aliphatic heterocycles. The Morgan fingerprint density at radius 1 is 1.14 bits per heavy atom. The third-order valence-electron chi connectivity index (χ3n) is 0.846. The van der Waals surface area contributed by atoms with Crippen LogP contribution in [0.2, 0.25) is 0 Å². The summed E-state index contributed by atoms with van der Waals surface area (Å²) in [6, 6.07) is 0. The van der Waals surface area contributed by atoms with Crippen molar-refractivity contribution in [3.05, 3.63) is 0 Å². The summed E-state index contributed by atoms with van der Waals surface area (Å²) in [6.07, 6.45) is 0. The van der Waals surface area contributed by atoms with Gasteiger partial charge in [0.1, 0.15) is 0 Å². The van der Waals surface area contributed by atoms with Crippen molar-refractivity contribution < 1.29 is 27.1 Å². The zero-order valence-corrected chi connectivity index (χ0v) is 6.20. The molecule has 0 saturated carbocycles. The molecule has 2 nitrogen and oxygen atoms in total. The van der Waals surface area contributed by atoms with Gasteiger partial charge in [0.2, 0.25) is 0 Å². The molecular weight excluding hydrogens is 275 g/mol. The third kappa shape index (κ3) is 3.26. The SMILES string of the molecule is C1COCCN1.[Au]. The summed E-state index contributed by atoms with van der Waals surface area (Å²) in [5.41, 5.74) is 0. The third-order valence-corrected chi connectivity index (χ3v) is 0.846. The van der Waals surface area contributed by atoms with Crippen LogP contribution in [-0.2, 0) is 27.1 Å². The average Bonchev–Trinajstić information content (AvgIpc) is 1.72. The monoisotopic (exact) mass is 284 g/mol. The van der Waals surface area contributed by atoms with Gasteiger partial charge in [0.15, 0.2) is 0 Å². The van der Waals surface area contributed by atoms with Gasteiger partial charge < -0.3 is 10.1 Å². The Kier molecular flexibility index (Phi) is 5.26. The van der Waals surface area contributed by atoms with Crippen LogP contribution in [0.4, 0.5) is 0 Å². The van der Waals surface area contributed by atoms with Crippen LogP contribution in [0.1, 0.15) is 0 Å². The van der Waals surface area contributed by atoms with Crippen molar-refractivity contribution in [1.82, 2.24) is 5.32 Å². The minimum Gasteiger partial charge on any atom is -0.379 e. The maximum Gasteiger partial charge on any atom is 0.0591 e. The van der Waals surface area contributed by atoms with Crippen LogP contribution >= 0.6 is 0 Å². The molecule has 7 heavy (non-hydrogen) atoms. The Hall–Kier alpha value is 0.660. The maximum absolute atomic E-state index is 5.01. The van der Waals surface area contributed by atoms with E-state index < -0.39 is 0 Å². The molecule has 1 heterocycles. The molecule has 0 spiro atoms. The predicted octanol–water partition coefficient (Wildman–Crippen LogP) is -0.396. The fraction of sp³-hybridized carbons (Fsp3) is 1.00. The van der Waals surface area contributed by atoms with Gasteiger partial charge in [-0.15, -0.1) is 0 Å². The van der Waals surface area contributed by atoms with Crippen molar-refractivity contribution in [3.8, 4) is 0 Å². The van der Waals surface area contributed by atoms with Gasteiger partial charge in [-0.3, -0.25) is 0 Å². The van der Waals surface area contributed by atoms with Crippen molar-refractivity contribution in [3.63, 3.8) is 0 Å². The molecule has 1 radical (unpaired) electrons. The van der Waals surface area contributed by atoms with E-state index in [4.69, 9.17) is 4.74 Å². The van der Waals surface area contributed by atoms with Crippen LogP contribution in [0.3, 0.4) is 0 Å². The first-order valence-electron chi connectivity index (χ1n) is 2.28. The minimum atomic E-state index is 0. The average molecular weight is 284 g/mol.